The maximum absolute atomic E-state index is 11.7. The van der Waals surface area contributed by atoms with Gasteiger partial charge in [0.15, 0.2) is 5.78 Å². The summed E-state index contributed by atoms with van der Waals surface area (Å²) in [5.41, 5.74) is 1.78. The molecular formula is C17H21N3O3. The third-order valence-electron chi connectivity index (χ3n) is 3.91. The van der Waals surface area contributed by atoms with Crippen molar-refractivity contribution in [3.05, 3.63) is 29.3 Å². The van der Waals surface area contributed by atoms with Gasteiger partial charge in [0.05, 0.1) is 18.2 Å². The number of ether oxygens (including phenoxy) is 1. The number of Topliss-reactive ketones (excluding diaryl/α,β-unsaturated/α-hetero) is 1. The zero-order valence-corrected chi connectivity index (χ0v) is 13.5. The van der Waals surface area contributed by atoms with Gasteiger partial charge >= 0.3 is 6.09 Å². The second-order valence-electron chi connectivity index (χ2n) is 5.53. The topological polar surface area (TPSA) is 82.4 Å². The van der Waals surface area contributed by atoms with Crippen LogP contribution >= 0.6 is 0 Å². The number of carbonyl (C=O) groups excluding carboxylic acids is 2. The van der Waals surface area contributed by atoms with Crippen molar-refractivity contribution >= 4 is 17.6 Å². The third-order valence-corrected chi connectivity index (χ3v) is 3.91. The van der Waals surface area contributed by atoms with Crippen molar-refractivity contribution < 1.29 is 14.3 Å². The fourth-order valence-corrected chi connectivity index (χ4v) is 2.68. The van der Waals surface area contributed by atoms with Gasteiger partial charge in [0.1, 0.15) is 0 Å². The Bertz CT molecular complexity index is 628. The van der Waals surface area contributed by atoms with E-state index in [1.54, 1.807) is 30.0 Å². The molecule has 0 aromatic heterocycles. The zero-order chi connectivity index (χ0) is 16.8. The molecule has 1 aliphatic rings. The van der Waals surface area contributed by atoms with Gasteiger partial charge in [-0.2, -0.15) is 5.26 Å². The van der Waals surface area contributed by atoms with E-state index >= 15 is 0 Å². The predicted octanol–water partition coefficient (Wildman–Crippen LogP) is 2.79. The first-order valence-electron chi connectivity index (χ1n) is 7.78. The first-order chi connectivity index (χ1) is 11.0. The minimum absolute atomic E-state index is 0.0408. The Morgan fingerprint density at radius 2 is 2.09 bits per heavy atom. The Kier molecular flexibility index (Phi) is 5.58. The smallest absolute Gasteiger partial charge is 0.409 e. The SMILES string of the molecule is CCOC(=O)N1CCC(Nc2cc(C#N)ccc2C(C)=O)CC1. The lowest BCUT2D eigenvalue weighted by molar-refractivity contribution is 0.0983. The predicted molar refractivity (Wildman–Crippen MR) is 86.4 cm³/mol. The minimum Gasteiger partial charge on any atom is -0.450 e. The van der Waals surface area contributed by atoms with Crippen LogP contribution in [0.2, 0.25) is 0 Å². The van der Waals surface area contributed by atoms with Crippen molar-refractivity contribution in [3.8, 4) is 6.07 Å². The van der Waals surface area contributed by atoms with E-state index in [2.05, 4.69) is 11.4 Å². The summed E-state index contributed by atoms with van der Waals surface area (Å²) >= 11 is 0. The van der Waals surface area contributed by atoms with Gasteiger partial charge in [0.25, 0.3) is 0 Å². The Balaban J connectivity index is 2.02. The van der Waals surface area contributed by atoms with Crippen molar-refractivity contribution in [2.24, 2.45) is 0 Å². The summed E-state index contributed by atoms with van der Waals surface area (Å²) in [6.45, 7) is 4.90. The summed E-state index contributed by atoms with van der Waals surface area (Å²) in [7, 11) is 0. The molecule has 23 heavy (non-hydrogen) atoms. The number of carbonyl (C=O) groups is 2. The van der Waals surface area contributed by atoms with Gasteiger partial charge in [-0.3, -0.25) is 4.79 Å². The minimum atomic E-state index is -0.276. The van der Waals surface area contributed by atoms with Gasteiger partial charge in [-0.05, 0) is 44.9 Å². The number of hydrogen-bond donors (Lipinski definition) is 1. The molecule has 0 bridgehead atoms. The standard InChI is InChI=1S/C17H21N3O3/c1-3-23-17(22)20-8-6-14(7-9-20)19-16-10-13(11-18)4-5-15(16)12(2)21/h4-5,10,14,19H,3,6-9H2,1-2H3. The molecule has 6 nitrogen and oxygen atoms in total. The van der Waals surface area contributed by atoms with E-state index in [1.165, 1.54) is 6.92 Å². The summed E-state index contributed by atoms with van der Waals surface area (Å²) < 4.78 is 5.00. The van der Waals surface area contributed by atoms with E-state index in [0.29, 0.717) is 36.5 Å². The fourth-order valence-electron chi connectivity index (χ4n) is 2.68. The molecule has 2 rings (SSSR count). The lowest BCUT2D eigenvalue weighted by atomic mass is 10.0. The van der Waals surface area contributed by atoms with Crippen molar-refractivity contribution in [3.63, 3.8) is 0 Å². The zero-order valence-electron chi connectivity index (χ0n) is 13.5. The summed E-state index contributed by atoms with van der Waals surface area (Å²) in [6, 6.07) is 7.27. The number of nitrogens with zero attached hydrogens (tertiary/aromatic N) is 2. The van der Waals surface area contributed by atoms with Crippen LogP contribution in [0.25, 0.3) is 0 Å². The van der Waals surface area contributed by atoms with Crippen molar-refractivity contribution in [2.75, 3.05) is 25.0 Å². The van der Waals surface area contributed by atoms with E-state index in [9.17, 15) is 9.59 Å². The second kappa shape index (κ2) is 7.63. The first kappa shape index (κ1) is 16.8. The summed E-state index contributed by atoms with van der Waals surface area (Å²) in [6.07, 6.45) is 1.27. The average Bonchev–Trinajstić information content (AvgIpc) is 2.55. The molecule has 122 valence electrons. The van der Waals surface area contributed by atoms with E-state index in [0.717, 1.165) is 12.8 Å². The highest BCUT2D eigenvalue weighted by atomic mass is 16.6. The number of rotatable bonds is 4. The van der Waals surface area contributed by atoms with Crippen LogP contribution < -0.4 is 5.32 Å². The Labute approximate surface area is 136 Å². The number of benzene rings is 1. The number of ketones is 1. The lowest BCUT2D eigenvalue weighted by Gasteiger charge is -2.32. The molecule has 0 radical (unpaired) electrons. The molecule has 1 aromatic carbocycles. The van der Waals surface area contributed by atoms with Crippen LogP contribution in [0.4, 0.5) is 10.5 Å². The normalized spacial score (nSPS) is 14.9. The molecule has 0 unspecified atom stereocenters. The number of likely N-dealkylation sites (tertiary alicyclic amines) is 1. The van der Waals surface area contributed by atoms with Crippen LogP contribution in [-0.4, -0.2) is 42.5 Å². The van der Waals surface area contributed by atoms with Gasteiger partial charge in [0.2, 0.25) is 0 Å². The van der Waals surface area contributed by atoms with Crippen molar-refractivity contribution in [1.82, 2.24) is 4.90 Å². The van der Waals surface area contributed by atoms with Gasteiger partial charge < -0.3 is 15.0 Å². The van der Waals surface area contributed by atoms with E-state index in [-0.39, 0.29) is 17.9 Å². The molecule has 1 fully saturated rings. The molecule has 0 atom stereocenters. The third kappa shape index (κ3) is 4.22. The monoisotopic (exact) mass is 315 g/mol. The first-order valence-corrected chi connectivity index (χ1v) is 7.78. The summed E-state index contributed by atoms with van der Waals surface area (Å²) in [4.78, 5) is 25.1. The van der Waals surface area contributed by atoms with Crippen LogP contribution in [0.5, 0.6) is 0 Å². The fraction of sp³-hybridized carbons (Fsp3) is 0.471. The van der Waals surface area contributed by atoms with Crippen LogP contribution in [0.15, 0.2) is 18.2 Å². The molecule has 1 N–H and O–H groups in total. The van der Waals surface area contributed by atoms with Crippen molar-refractivity contribution in [2.45, 2.75) is 32.7 Å². The molecule has 6 heteroatoms. The quantitative estimate of drug-likeness (QED) is 0.864. The molecule has 0 aliphatic carbocycles. The number of amides is 1. The second-order valence-corrected chi connectivity index (χ2v) is 5.53. The van der Waals surface area contributed by atoms with Gasteiger partial charge in [0, 0.05) is 30.4 Å². The number of anilines is 1. The Morgan fingerprint density at radius 3 is 2.65 bits per heavy atom. The van der Waals surface area contributed by atoms with Gasteiger partial charge in [-0.1, -0.05) is 0 Å². The van der Waals surface area contributed by atoms with Crippen LogP contribution in [0.1, 0.15) is 42.6 Å². The van der Waals surface area contributed by atoms with Crippen LogP contribution in [-0.2, 0) is 4.74 Å². The highest BCUT2D eigenvalue weighted by Gasteiger charge is 2.24. The molecule has 1 saturated heterocycles. The molecule has 1 amide bonds. The van der Waals surface area contributed by atoms with Crippen LogP contribution in [0.3, 0.4) is 0 Å². The van der Waals surface area contributed by atoms with Crippen LogP contribution in [0, 0.1) is 11.3 Å². The molecule has 1 heterocycles. The molecule has 0 spiro atoms. The van der Waals surface area contributed by atoms with Gasteiger partial charge in [-0.25, -0.2) is 4.79 Å². The van der Waals surface area contributed by atoms with E-state index < -0.39 is 0 Å². The highest BCUT2D eigenvalue weighted by molar-refractivity contribution is 5.99. The Morgan fingerprint density at radius 1 is 1.39 bits per heavy atom. The maximum Gasteiger partial charge on any atom is 0.409 e. The number of nitrogens with one attached hydrogen (secondary N) is 1. The van der Waals surface area contributed by atoms with Crippen molar-refractivity contribution in [1.29, 1.82) is 5.26 Å². The number of piperidine rings is 1. The van der Waals surface area contributed by atoms with E-state index in [1.807, 2.05) is 0 Å². The highest BCUT2D eigenvalue weighted by Crippen LogP contribution is 2.22. The van der Waals surface area contributed by atoms with Gasteiger partial charge in [-0.15, -0.1) is 0 Å². The molecular weight excluding hydrogens is 294 g/mol. The Hall–Kier alpha value is -2.55. The lowest BCUT2D eigenvalue weighted by Crippen LogP contribution is -2.42. The number of nitriles is 1. The summed E-state index contributed by atoms with van der Waals surface area (Å²) in [5.74, 6) is -0.0408. The van der Waals surface area contributed by atoms with E-state index in [4.69, 9.17) is 10.00 Å². The number of hydrogen-bond acceptors (Lipinski definition) is 5. The molecule has 1 aromatic rings. The average molecular weight is 315 g/mol. The summed E-state index contributed by atoms with van der Waals surface area (Å²) in [5, 5.41) is 12.4. The molecule has 1 aliphatic heterocycles. The molecule has 0 saturated carbocycles. The largest absolute Gasteiger partial charge is 0.450 e. The maximum atomic E-state index is 11.7.